The molecule has 1 aromatic carbocycles. The monoisotopic (exact) mass is 573 g/mol. The minimum atomic E-state index is -0.848. The summed E-state index contributed by atoms with van der Waals surface area (Å²) in [6, 6.07) is 4.14. The summed E-state index contributed by atoms with van der Waals surface area (Å²) in [5.74, 6) is 2.31. The first-order chi connectivity index (χ1) is 20.0. The third kappa shape index (κ3) is 4.26. The van der Waals surface area contributed by atoms with Gasteiger partial charge < -0.3 is 19.3 Å². The van der Waals surface area contributed by atoms with Crippen molar-refractivity contribution in [3.63, 3.8) is 0 Å². The molecule has 7 nitrogen and oxygen atoms in total. The van der Waals surface area contributed by atoms with E-state index in [1.165, 1.54) is 69.0 Å². The van der Waals surface area contributed by atoms with Crippen molar-refractivity contribution in [1.29, 1.82) is 0 Å². The van der Waals surface area contributed by atoms with E-state index in [0.29, 0.717) is 47.3 Å². The van der Waals surface area contributed by atoms with Crippen LogP contribution in [0.25, 0.3) is 10.2 Å². The summed E-state index contributed by atoms with van der Waals surface area (Å²) in [5, 5.41) is 15.4. The molecule has 216 valence electrons. The van der Waals surface area contributed by atoms with Gasteiger partial charge >= 0.3 is 5.97 Å². The molecule has 6 aliphatic rings. The Kier molecular flexibility index (Phi) is 5.67. The topological polar surface area (TPSA) is 88.7 Å². The summed E-state index contributed by atoms with van der Waals surface area (Å²) < 4.78 is 13.7. The van der Waals surface area contributed by atoms with Crippen LogP contribution in [0.5, 0.6) is 0 Å². The van der Waals surface area contributed by atoms with Crippen molar-refractivity contribution in [2.45, 2.75) is 120 Å². The van der Waals surface area contributed by atoms with Gasteiger partial charge in [0, 0.05) is 35.9 Å². The first-order valence-electron chi connectivity index (χ1n) is 16.1. The van der Waals surface area contributed by atoms with Crippen LogP contribution in [0.2, 0.25) is 0 Å². The van der Waals surface area contributed by atoms with Gasteiger partial charge in [0.15, 0.2) is 5.13 Å². The molecule has 3 heterocycles. The molecular weight excluding hydrogens is 534 g/mol. The average molecular weight is 574 g/mol. The highest BCUT2D eigenvalue weighted by atomic mass is 32.1. The Morgan fingerprint density at radius 2 is 1.88 bits per heavy atom. The maximum absolute atomic E-state index is 11.8. The van der Waals surface area contributed by atoms with E-state index in [-0.39, 0.29) is 6.10 Å². The van der Waals surface area contributed by atoms with Crippen molar-refractivity contribution >= 4 is 32.7 Å². The maximum atomic E-state index is 11.8. The number of aromatic carboxylic acids is 1. The third-order valence-corrected chi connectivity index (χ3v) is 12.7. The maximum Gasteiger partial charge on any atom is 0.335 e. The number of carboxylic acid groups (broad SMARTS) is 1. The summed E-state index contributed by atoms with van der Waals surface area (Å²) in [4.78, 5) is 19.4. The SMILES string of the molecule is O=C(O)c1cc(C2CCC2)c2nc(N3C[C@@H]4C[C@H]3C[C@H]4OCc3c(C4CCC5(CC4)CC5)noc3C3CC3)sc2c1. The fraction of sp³-hybridized carbons (Fsp3) is 0.667. The average Bonchev–Trinajstić information content (AvgIpc) is 3.69. The van der Waals surface area contributed by atoms with Crippen molar-refractivity contribution in [3.05, 3.63) is 40.3 Å². The summed E-state index contributed by atoms with van der Waals surface area (Å²) in [7, 11) is 0. The van der Waals surface area contributed by atoms with Crippen molar-refractivity contribution in [1.82, 2.24) is 10.1 Å². The molecule has 8 heteroatoms. The van der Waals surface area contributed by atoms with Crippen molar-refractivity contribution in [2.24, 2.45) is 11.3 Å². The number of aromatic nitrogens is 2. The summed E-state index contributed by atoms with van der Waals surface area (Å²) in [6.45, 7) is 1.61. The molecule has 1 spiro atoms. The molecule has 0 amide bonds. The number of fused-ring (bicyclic) bond motifs is 3. The number of carbonyl (C=O) groups is 1. The number of thiazole rings is 1. The first kappa shape index (κ1) is 25.1. The Balaban J connectivity index is 0.907. The van der Waals surface area contributed by atoms with E-state index in [9.17, 15) is 9.90 Å². The molecule has 2 bridgehead atoms. The highest BCUT2D eigenvalue weighted by Gasteiger charge is 2.48. The summed E-state index contributed by atoms with van der Waals surface area (Å²) >= 11 is 1.67. The molecule has 1 saturated heterocycles. The Labute approximate surface area is 244 Å². The number of rotatable bonds is 8. The van der Waals surface area contributed by atoms with Crippen molar-refractivity contribution in [2.75, 3.05) is 11.4 Å². The van der Waals surface area contributed by atoms with E-state index < -0.39 is 5.97 Å². The zero-order chi connectivity index (χ0) is 27.3. The number of hydrogen-bond donors (Lipinski definition) is 1. The van der Waals surface area contributed by atoms with Crippen LogP contribution >= 0.6 is 11.3 Å². The number of ether oxygens (including phenoxy) is 1. The third-order valence-electron chi connectivity index (χ3n) is 11.7. The molecule has 1 aliphatic heterocycles. The molecule has 9 rings (SSSR count). The lowest BCUT2D eigenvalue weighted by atomic mass is 9.77. The van der Waals surface area contributed by atoms with Crippen LogP contribution < -0.4 is 4.90 Å². The number of anilines is 1. The van der Waals surface area contributed by atoms with Crippen LogP contribution in [0.15, 0.2) is 16.7 Å². The quantitative estimate of drug-likeness (QED) is 0.295. The van der Waals surface area contributed by atoms with E-state index in [1.807, 2.05) is 12.1 Å². The number of carboxylic acids is 1. The van der Waals surface area contributed by atoms with Gasteiger partial charge in [0.2, 0.25) is 0 Å². The van der Waals surface area contributed by atoms with E-state index in [1.54, 1.807) is 11.3 Å². The predicted octanol–water partition coefficient (Wildman–Crippen LogP) is 7.75. The van der Waals surface area contributed by atoms with Gasteiger partial charge in [0.25, 0.3) is 0 Å². The van der Waals surface area contributed by atoms with E-state index >= 15 is 0 Å². The van der Waals surface area contributed by atoms with Gasteiger partial charge in [-0.2, -0.15) is 0 Å². The largest absolute Gasteiger partial charge is 0.478 e. The highest BCUT2D eigenvalue weighted by Crippen LogP contribution is 2.59. The van der Waals surface area contributed by atoms with Gasteiger partial charge in [0.1, 0.15) is 5.76 Å². The van der Waals surface area contributed by atoms with E-state index in [0.717, 1.165) is 58.9 Å². The number of nitrogens with zero attached hydrogens (tertiary/aromatic N) is 3. The Morgan fingerprint density at radius 1 is 1.05 bits per heavy atom. The van der Waals surface area contributed by atoms with Gasteiger partial charge in [-0.3, -0.25) is 0 Å². The lowest BCUT2D eigenvalue weighted by Crippen LogP contribution is -2.38. The van der Waals surface area contributed by atoms with Gasteiger partial charge in [-0.25, -0.2) is 9.78 Å². The molecule has 0 unspecified atom stereocenters. The van der Waals surface area contributed by atoms with Gasteiger partial charge in [-0.15, -0.1) is 0 Å². The Morgan fingerprint density at radius 3 is 2.54 bits per heavy atom. The number of benzene rings is 1. The molecule has 3 aromatic rings. The second-order valence-electron chi connectivity index (χ2n) is 14.2. The van der Waals surface area contributed by atoms with Gasteiger partial charge in [-0.1, -0.05) is 22.9 Å². The minimum Gasteiger partial charge on any atom is -0.478 e. The minimum absolute atomic E-state index is 0.269. The van der Waals surface area contributed by atoms with Gasteiger partial charge in [0.05, 0.1) is 34.2 Å². The second kappa shape index (κ2) is 9.27. The lowest BCUT2D eigenvalue weighted by molar-refractivity contribution is 0.0116. The Hall–Kier alpha value is -2.45. The molecular formula is C33H39N3O4S. The molecule has 6 fully saturated rings. The smallest absolute Gasteiger partial charge is 0.335 e. The molecule has 1 N–H and O–H groups in total. The number of hydrogen-bond acceptors (Lipinski definition) is 7. The predicted molar refractivity (Wildman–Crippen MR) is 157 cm³/mol. The van der Waals surface area contributed by atoms with E-state index in [2.05, 4.69) is 10.1 Å². The molecule has 5 saturated carbocycles. The Bertz CT molecular complexity index is 1510. The van der Waals surface area contributed by atoms with Gasteiger partial charge in [-0.05, 0) is 106 Å². The lowest BCUT2D eigenvalue weighted by Gasteiger charge is -2.31. The first-order valence-corrected chi connectivity index (χ1v) is 16.9. The van der Waals surface area contributed by atoms with Crippen LogP contribution in [0.4, 0.5) is 5.13 Å². The molecule has 41 heavy (non-hydrogen) atoms. The second-order valence-corrected chi connectivity index (χ2v) is 15.2. The van der Waals surface area contributed by atoms with Crippen molar-refractivity contribution in [3.8, 4) is 0 Å². The summed E-state index contributed by atoms with van der Waals surface area (Å²) in [5.41, 5.74) is 5.74. The van der Waals surface area contributed by atoms with Crippen LogP contribution in [0.1, 0.15) is 134 Å². The van der Waals surface area contributed by atoms with Crippen LogP contribution in [-0.4, -0.2) is 39.9 Å². The zero-order valence-corrected chi connectivity index (χ0v) is 24.5. The standard InChI is InChI=1S/C33H39N3O4S/c37-31(38)21-13-24(18-2-1-3-18)29-27(14-21)41-32(34-29)36-16-22-12-23(36)15-26(22)39-17-25-28(35-40-30(25)20-4-5-20)19-6-8-33(9-7-19)10-11-33/h13-14,18-20,22-23,26H,1-12,15-17H2,(H,37,38)/t22-,23-,26+/m0/s1. The van der Waals surface area contributed by atoms with Crippen LogP contribution in [0.3, 0.4) is 0 Å². The highest BCUT2D eigenvalue weighted by molar-refractivity contribution is 7.22. The zero-order valence-electron chi connectivity index (χ0n) is 23.6. The fourth-order valence-corrected chi connectivity index (χ4v) is 9.62. The van der Waals surface area contributed by atoms with Crippen LogP contribution in [-0.2, 0) is 11.3 Å². The van der Waals surface area contributed by atoms with E-state index in [4.69, 9.17) is 14.2 Å². The molecule has 2 aromatic heterocycles. The molecule has 5 aliphatic carbocycles. The molecule has 3 atom stereocenters. The number of piperidine rings is 1. The van der Waals surface area contributed by atoms with Crippen LogP contribution in [0, 0.1) is 11.3 Å². The molecule has 0 radical (unpaired) electrons. The van der Waals surface area contributed by atoms with Crippen molar-refractivity contribution < 1.29 is 19.2 Å². The normalized spacial score (nSPS) is 29.1. The summed E-state index contributed by atoms with van der Waals surface area (Å²) in [6.07, 6.45) is 16.5. The fourth-order valence-electron chi connectivity index (χ4n) is 8.50.